The van der Waals surface area contributed by atoms with E-state index in [1.165, 1.54) is 13.0 Å². The predicted octanol–water partition coefficient (Wildman–Crippen LogP) is 3.43. The van der Waals surface area contributed by atoms with Gasteiger partial charge in [-0.3, -0.25) is 24.6 Å². The Morgan fingerprint density at radius 2 is 2.08 bits per heavy atom. The van der Waals surface area contributed by atoms with Crippen molar-refractivity contribution in [3.63, 3.8) is 0 Å². The van der Waals surface area contributed by atoms with Gasteiger partial charge in [0.15, 0.2) is 5.13 Å². The van der Waals surface area contributed by atoms with Crippen LogP contribution in [0.1, 0.15) is 12.6 Å². The smallest absolute Gasteiger partial charge is 0.282 e. The summed E-state index contributed by atoms with van der Waals surface area (Å²) in [6.45, 7) is 1.22. The van der Waals surface area contributed by atoms with E-state index in [4.69, 9.17) is 0 Å². The number of halogens is 2. The zero-order valence-corrected chi connectivity index (χ0v) is 14.2. The van der Waals surface area contributed by atoms with E-state index in [1.807, 2.05) is 0 Å². The van der Waals surface area contributed by atoms with Crippen molar-refractivity contribution in [3.8, 4) is 0 Å². The number of imide groups is 1. The molecule has 0 spiro atoms. The third-order valence-corrected chi connectivity index (χ3v) is 4.74. The number of thioether (sulfide) groups is 1. The number of carbonyl (C=O) groups excluding carboxylic acids is 3. The van der Waals surface area contributed by atoms with Crippen LogP contribution in [0.4, 0.5) is 24.4 Å². The van der Waals surface area contributed by atoms with Crippen molar-refractivity contribution in [2.75, 3.05) is 4.90 Å². The van der Waals surface area contributed by atoms with Gasteiger partial charge in [-0.2, -0.15) is 0 Å². The van der Waals surface area contributed by atoms with Gasteiger partial charge in [0, 0.05) is 18.4 Å². The maximum Gasteiger partial charge on any atom is 0.290 e. The van der Waals surface area contributed by atoms with E-state index in [9.17, 15) is 23.2 Å². The Morgan fingerprint density at radius 3 is 2.68 bits per heavy atom. The summed E-state index contributed by atoms with van der Waals surface area (Å²) in [6, 6.07) is 2.85. The summed E-state index contributed by atoms with van der Waals surface area (Å²) in [4.78, 5) is 40.0. The first kappa shape index (κ1) is 17.2. The van der Waals surface area contributed by atoms with Gasteiger partial charge in [-0.25, -0.2) is 13.8 Å². The van der Waals surface area contributed by atoms with Crippen molar-refractivity contribution in [1.82, 2.24) is 10.3 Å². The highest BCUT2D eigenvalue weighted by molar-refractivity contribution is 8.18. The highest BCUT2D eigenvalue weighted by Crippen LogP contribution is 2.33. The maximum absolute atomic E-state index is 14.0. The summed E-state index contributed by atoms with van der Waals surface area (Å²) in [5.41, 5.74) is 0.201. The second kappa shape index (κ2) is 6.73. The monoisotopic (exact) mass is 381 g/mol. The Hall–Kier alpha value is -2.59. The maximum atomic E-state index is 14.0. The number of rotatable bonds is 3. The van der Waals surface area contributed by atoms with Crippen molar-refractivity contribution in [2.24, 2.45) is 0 Å². The molecule has 1 fully saturated rings. The summed E-state index contributed by atoms with van der Waals surface area (Å²) in [6.07, 6.45) is 1.39. The van der Waals surface area contributed by atoms with Crippen LogP contribution in [0.2, 0.25) is 0 Å². The van der Waals surface area contributed by atoms with Gasteiger partial charge in [-0.1, -0.05) is 0 Å². The van der Waals surface area contributed by atoms with Crippen LogP contribution in [0.25, 0.3) is 6.08 Å². The molecule has 1 aliphatic heterocycles. The predicted molar refractivity (Wildman–Crippen MR) is 90.4 cm³/mol. The van der Waals surface area contributed by atoms with E-state index in [1.54, 1.807) is 5.38 Å². The molecular weight excluding hydrogens is 372 g/mol. The van der Waals surface area contributed by atoms with Crippen LogP contribution in [0.3, 0.4) is 0 Å². The lowest BCUT2D eigenvalue weighted by molar-refractivity contribution is -0.116. The van der Waals surface area contributed by atoms with Crippen LogP contribution in [0, 0.1) is 11.6 Å². The van der Waals surface area contributed by atoms with E-state index >= 15 is 0 Å². The second-order valence-electron chi connectivity index (χ2n) is 4.86. The number of benzene rings is 1. The van der Waals surface area contributed by atoms with Gasteiger partial charge >= 0.3 is 0 Å². The zero-order valence-electron chi connectivity index (χ0n) is 12.6. The van der Waals surface area contributed by atoms with E-state index < -0.39 is 28.7 Å². The van der Waals surface area contributed by atoms with Crippen LogP contribution >= 0.6 is 23.1 Å². The number of anilines is 2. The normalized spacial score (nSPS) is 15.6. The second-order valence-corrected chi connectivity index (χ2v) is 6.71. The lowest BCUT2D eigenvalue weighted by Gasteiger charge is -2.18. The Kier molecular flexibility index (Phi) is 4.64. The summed E-state index contributed by atoms with van der Waals surface area (Å²) < 4.78 is 27.1. The average molecular weight is 381 g/mol. The fourth-order valence-corrected chi connectivity index (χ4v) is 3.57. The fourth-order valence-electron chi connectivity index (χ4n) is 2.07. The minimum atomic E-state index is -0.901. The molecule has 1 N–H and O–H groups in total. The molecule has 2 aromatic rings. The molecule has 1 aliphatic rings. The van der Waals surface area contributed by atoms with Gasteiger partial charge < -0.3 is 0 Å². The third kappa shape index (κ3) is 3.59. The van der Waals surface area contributed by atoms with Gasteiger partial charge in [0.1, 0.15) is 11.6 Å². The Morgan fingerprint density at radius 1 is 1.32 bits per heavy atom. The molecule has 25 heavy (non-hydrogen) atoms. The largest absolute Gasteiger partial charge is 0.290 e. The molecule has 1 aromatic carbocycles. The van der Waals surface area contributed by atoms with Gasteiger partial charge in [-0.05, 0) is 30.0 Å². The highest BCUT2D eigenvalue weighted by atomic mass is 32.2. The number of hydrogen-bond donors (Lipinski definition) is 1. The summed E-state index contributed by atoms with van der Waals surface area (Å²) in [5, 5.41) is 3.34. The molecule has 3 amide bonds. The minimum absolute atomic E-state index is 0.134. The summed E-state index contributed by atoms with van der Waals surface area (Å²) >= 11 is 1.78. The number of amides is 3. The van der Waals surface area contributed by atoms with Crippen LogP contribution in [-0.2, 0) is 9.59 Å². The number of hydrogen-bond acceptors (Lipinski definition) is 6. The molecule has 0 unspecified atom stereocenters. The minimum Gasteiger partial charge on any atom is -0.282 e. The number of nitrogens with one attached hydrogen (secondary N) is 1. The molecule has 0 aliphatic carbocycles. The van der Waals surface area contributed by atoms with Crippen LogP contribution < -0.4 is 10.2 Å². The highest BCUT2D eigenvalue weighted by Gasteiger charge is 2.26. The van der Waals surface area contributed by atoms with Crippen LogP contribution in [0.15, 0.2) is 28.5 Å². The molecule has 3 rings (SSSR count). The molecule has 1 saturated heterocycles. The molecule has 0 saturated carbocycles. The number of aromatic nitrogens is 1. The number of carbonyl (C=O) groups is 3. The Balaban J connectivity index is 1.96. The Bertz CT molecular complexity index is 926. The fraction of sp³-hybridized carbons (Fsp3) is 0.0667. The van der Waals surface area contributed by atoms with E-state index in [0.29, 0.717) is 11.8 Å². The van der Waals surface area contributed by atoms with E-state index in [2.05, 4.69) is 10.3 Å². The molecule has 0 radical (unpaired) electrons. The van der Waals surface area contributed by atoms with Gasteiger partial charge in [-0.15, -0.1) is 11.3 Å². The summed E-state index contributed by atoms with van der Waals surface area (Å²) in [5.74, 6) is -2.70. The molecule has 10 heteroatoms. The molecule has 1 aromatic heterocycles. The van der Waals surface area contributed by atoms with Gasteiger partial charge in [0.2, 0.25) is 5.91 Å². The summed E-state index contributed by atoms with van der Waals surface area (Å²) in [7, 11) is 0. The lowest BCUT2D eigenvalue weighted by Crippen LogP contribution is -2.23. The van der Waals surface area contributed by atoms with E-state index in [0.717, 1.165) is 40.1 Å². The van der Waals surface area contributed by atoms with Crippen molar-refractivity contribution in [2.45, 2.75) is 6.92 Å². The molecule has 6 nitrogen and oxygen atoms in total. The van der Waals surface area contributed by atoms with Crippen molar-refractivity contribution < 1.29 is 23.2 Å². The molecule has 2 heterocycles. The molecule has 0 bridgehead atoms. The average Bonchev–Trinajstić information content (AvgIpc) is 3.09. The quantitative estimate of drug-likeness (QED) is 0.824. The van der Waals surface area contributed by atoms with Crippen LogP contribution in [0.5, 0.6) is 0 Å². The van der Waals surface area contributed by atoms with Crippen molar-refractivity contribution in [1.29, 1.82) is 0 Å². The van der Waals surface area contributed by atoms with Gasteiger partial charge in [0.05, 0.1) is 16.3 Å². The molecular formula is C15H9F2N3O3S2. The Labute approximate surface area is 148 Å². The lowest BCUT2D eigenvalue weighted by atomic mass is 10.2. The number of thiazole rings is 1. The van der Waals surface area contributed by atoms with Gasteiger partial charge in [0.25, 0.3) is 11.1 Å². The zero-order chi connectivity index (χ0) is 18.1. The first-order chi connectivity index (χ1) is 11.8. The topological polar surface area (TPSA) is 79.4 Å². The third-order valence-electron chi connectivity index (χ3n) is 3.09. The van der Waals surface area contributed by atoms with Crippen molar-refractivity contribution >= 4 is 57.0 Å². The SMILES string of the molecule is CC(=O)N(c1nc(/C=C2\SC(=O)NC2=O)cs1)c1ccc(F)cc1F. The van der Waals surface area contributed by atoms with E-state index in [-0.39, 0.29) is 15.7 Å². The van der Waals surface area contributed by atoms with Crippen molar-refractivity contribution in [3.05, 3.63) is 45.8 Å². The molecule has 0 atom stereocenters. The molecule has 128 valence electrons. The number of nitrogens with zero attached hydrogens (tertiary/aromatic N) is 2. The van der Waals surface area contributed by atoms with Crippen LogP contribution in [-0.4, -0.2) is 22.0 Å². The first-order valence-corrected chi connectivity index (χ1v) is 8.51. The first-order valence-electron chi connectivity index (χ1n) is 6.81. The standard InChI is InChI=1S/C15H9F2N3O3S2/c1-7(21)20(11-3-2-8(16)4-10(11)17)14-18-9(6-24-14)5-12-13(22)19-15(23)25-12/h2-6H,1H3,(H,19,22,23)/b12-5-.